The van der Waals surface area contributed by atoms with Gasteiger partial charge in [0.15, 0.2) is 0 Å². The van der Waals surface area contributed by atoms with Crippen molar-refractivity contribution < 1.29 is 14.3 Å². The molecule has 1 N–H and O–H groups in total. The van der Waals surface area contributed by atoms with E-state index >= 15 is 0 Å². The molecule has 0 saturated carbocycles. The molecular weight excluding hydrogens is 407 g/mol. The summed E-state index contributed by atoms with van der Waals surface area (Å²) in [5.74, 6) is -0.228. The van der Waals surface area contributed by atoms with E-state index in [2.05, 4.69) is 17.2 Å². The van der Waals surface area contributed by atoms with Crippen LogP contribution in [0.15, 0.2) is 60.8 Å². The predicted octanol–water partition coefficient (Wildman–Crippen LogP) is 4.54. The number of hydrogen-bond acceptors (Lipinski definition) is 4. The average molecular weight is 437 g/mol. The maximum absolute atomic E-state index is 13.2. The van der Waals surface area contributed by atoms with Crippen LogP contribution < -0.4 is 0 Å². The average Bonchev–Trinajstić information content (AvgIpc) is 3.30. The lowest BCUT2D eigenvalue weighted by Crippen LogP contribution is -2.49. The van der Waals surface area contributed by atoms with Gasteiger partial charge in [0.2, 0.25) is 5.91 Å². The number of hydrogen-bond donors (Lipinski definition) is 1. The monoisotopic (exact) mass is 436 g/mol. The molecule has 1 amide bonds. The fraction of sp³-hybridized carbons (Fsp3) is 0.400. The minimum atomic E-state index is -0.757. The van der Waals surface area contributed by atoms with Crippen LogP contribution in [0.5, 0.6) is 0 Å². The summed E-state index contributed by atoms with van der Waals surface area (Å²) in [6, 6.07) is 15.6. The molecule has 2 heterocycles. The minimum Gasteiger partial charge on any atom is -0.389 e. The van der Waals surface area contributed by atoms with Crippen molar-refractivity contribution in [3.63, 3.8) is 0 Å². The molecule has 32 heavy (non-hydrogen) atoms. The summed E-state index contributed by atoms with van der Waals surface area (Å²) < 4.78 is 14.9. The van der Waals surface area contributed by atoms with E-state index in [4.69, 9.17) is 0 Å². The van der Waals surface area contributed by atoms with Gasteiger partial charge in [-0.05, 0) is 42.7 Å². The van der Waals surface area contributed by atoms with E-state index in [1.807, 2.05) is 35.2 Å². The normalized spacial score (nSPS) is 21.0. The highest BCUT2D eigenvalue weighted by atomic mass is 19.1. The highest BCUT2D eigenvalue weighted by Crippen LogP contribution is 2.37. The lowest BCUT2D eigenvalue weighted by Gasteiger charge is -2.42. The van der Waals surface area contributed by atoms with Crippen LogP contribution in [0.2, 0.25) is 0 Å². The van der Waals surface area contributed by atoms with Crippen LogP contribution in [-0.4, -0.2) is 43.6 Å². The summed E-state index contributed by atoms with van der Waals surface area (Å²) in [6.07, 6.45) is 4.99. The number of unbranched alkanes of at least 4 members (excludes halogenated alkanes) is 2. The molecule has 1 fully saturated rings. The summed E-state index contributed by atoms with van der Waals surface area (Å²) >= 11 is 0. The van der Waals surface area contributed by atoms with E-state index in [1.54, 1.807) is 23.0 Å². The van der Waals surface area contributed by atoms with Crippen molar-refractivity contribution in [1.29, 1.82) is 0 Å². The number of benzene rings is 2. The lowest BCUT2D eigenvalue weighted by molar-refractivity contribution is -0.140. The van der Waals surface area contributed by atoms with Gasteiger partial charge < -0.3 is 10.0 Å². The Morgan fingerprint density at radius 3 is 2.59 bits per heavy atom. The van der Waals surface area contributed by atoms with Crippen molar-refractivity contribution >= 4 is 5.91 Å². The van der Waals surface area contributed by atoms with Crippen molar-refractivity contribution in [2.75, 3.05) is 6.54 Å². The molecule has 0 aliphatic carbocycles. The largest absolute Gasteiger partial charge is 0.389 e. The molecule has 0 unspecified atom stereocenters. The van der Waals surface area contributed by atoms with Gasteiger partial charge in [-0.15, -0.1) is 5.10 Å². The number of amides is 1. The van der Waals surface area contributed by atoms with Crippen molar-refractivity contribution in [1.82, 2.24) is 19.9 Å². The molecule has 0 spiro atoms. The van der Waals surface area contributed by atoms with Gasteiger partial charge in [-0.25, -0.2) is 9.07 Å². The second-order valence-electron chi connectivity index (χ2n) is 8.39. The summed E-state index contributed by atoms with van der Waals surface area (Å²) in [7, 11) is 0. The molecule has 3 aromatic rings. The first kappa shape index (κ1) is 22.1. The third kappa shape index (κ3) is 4.88. The number of aliphatic hydroxyl groups excluding tert-OH is 1. The van der Waals surface area contributed by atoms with Gasteiger partial charge in [0, 0.05) is 18.5 Å². The quantitative estimate of drug-likeness (QED) is 0.552. The van der Waals surface area contributed by atoms with Gasteiger partial charge in [-0.3, -0.25) is 4.79 Å². The van der Waals surface area contributed by atoms with Gasteiger partial charge >= 0.3 is 0 Å². The molecule has 1 saturated heterocycles. The van der Waals surface area contributed by atoms with Gasteiger partial charge in [0.25, 0.3) is 0 Å². The topological polar surface area (TPSA) is 71.2 Å². The Kier molecular flexibility index (Phi) is 6.95. The van der Waals surface area contributed by atoms with Crippen molar-refractivity contribution in [3.05, 3.63) is 72.2 Å². The standard InChI is InChI=1S/C25H29FN4O2/c1-2-3-5-10-25(32)29-17-24(31)23(15-22(29)19-8-6-4-7-9-19)30-16-21(27-28-30)18-11-13-20(26)14-12-18/h4,6-9,11-14,16,22-24,31H,2-3,5,10,15,17H2,1H3/t22-,23-,24-/m0/s1. The van der Waals surface area contributed by atoms with Crippen LogP contribution in [0.25, 0.3) is 11.3 Å². The first-order valence-electron chi connectivity index (χ1n) is 11.3. The highest BCUT2D eigenvalue weighted by molar-refractivity contribution is 5.77. The molecule has 0 bridgehead atoms. The molecule has 168 valence electrons. The number of rotatable bonds is 7. The fourth-order valence-corrected chi connectivity index (χ4v) is 4.38. The van der Waals surface area contributed by atoms with Crippen LogP contribution in [-0.2, 0) is 4.79 Å². The first-order chi connectivity index (χ1) is 15.6. The van der Waals surface area contributed by atoms with E-state index in [0.717, 1.165) is 30.4 Å². The zero-order valence-electron chi connectivity index (χ0n) is 18.3. The first-order valence-corrected chi connectivity index (χ1v) is 11.3. The van der Waals surface area contributed by atoms with E-state index < -0.39 is 6.10 Å². The zero-order valence-corrected chi connectivity index (χ0v) is 18.3. The Morgan fingerprint density at radius 1 is 1.12 bits per heavy atom. The van der Waals surface area contributed by atoms with Crippen LogP contribution in [0, 0.1) is 5.82 Å². The zero-order chi connectivity index (χ0) is 22.5. The van der Waals surface area contributed by atoms with Crippen LogP contribution in [0.1, 0.15) is 56.7 Å². The summed E-state index contributed by atoms with van der Waals surface area (Å²) in [5.41, 5.74) is 2.42. The molecule has 3 atom stereocenters. The van der Waals surface area contributed by atoms with Gasteiger partial charge in [0.05, 0.1) is 24.4 Å². The maximum atomic E-state index is 13.2. The Bertz CT molecular complexity index is 1020. The molecule has 1 aromatic heterocycles. The Balaban J connectivity index is 1.57. The van der Waals surface area contributed by atoms with E-state index in [1.165, 1.54) is 12.1 Å². The second kappa shape index (κ2) is 10.0. The third-order valence-electron chi connectivity index (χ3n) is 6.16. The molecule has 1 aliphatic heterocycles. The Labute approximate surface area is 187 Å². The van der Waals surface area contributed by atoms with E-state index in [-0.39, 0.29) is 30.4 Å². The third-order valence-corrected chi connectivity index (χ3v) is 6.16. The molecule has 0 radical (unpaired) electrons. The number of piperidine rings is 1. The minimum absolute atomic E-state index is 0.0791. The molecule has 7 heteroatoms. The molecule has 1 aliphatic rings. The summed E-state index contributed by atoms with van der Waals surface area (Å²) in [4.78, 5) is 14.8. The number of β-amino-alcohol motifs (C(OH)–C–C–N with tert-alkyl or cyclic N) is 1. The maximum Gasteiger partial charge on any atom is 0.223 e. The van der Waals surface area contributed by atoms with Crippen molar-refractivity contribution in [2.24, 2.45) is 0 Å². The van der Waals surface area contributed by atoms with Gasteiger partial charge in [-0.2, -0.15) is 0 Å². The number of carbonyl (C=O) groups is 1. The number of likely N-dealkylation sites (tertiary alicyclic amines) is 1. The van der Waals surface area contributed by atoms with Crippen LogP contribution >= 0.6 is 0 Å². The number of halogens is 1. The van der Waals surface area contributed by atoms with E-state index in [9.17, 15) is 14.3 Å². The van der Waals surface area contributed by atoms with Crippen molar-refractivity contribution in [2.45, 2.75) is 57.2 Å². The summed E-state index contributed by atoms with van der Waals surface area (Å²) in [6.45, 7) is 2.37. The van der Waals surface area contributed by atoms with E-state index in [0.29, 0.717) is 18.5 Å². The van der Waals surface area contributed by atoms with Gasteiger partial charge in [-0.1, -0.05) is 55.3 Å². The second-order valence-corrected chi connectivity index (χ2v) is 8.39. The molecule has 4 rings (SSSR count). The van der Waals surface area contributed by atoms with Crippen LogP contribution in [0.4, 0.5) is 4.39 Å². The SMILES string of the molecule is CCCCCC(=O)N1C[C@H](O)[C@@H](n2cc(-c3ccc(F)cc3)nn2)C[C@H]1c1ccccc1. The smallest absolute Gasteiger partial charge is 0.223 e. The predicted molar refractivity (Wildman–Crippen MR) is 120 cm³/mol. The number of aliphatic hydroxyl groups is 1. The molecule has 2 aromatic carbocycles. The fourth-order valence-electron chi connectivity index (χ4n) is 4.38. The number of aromatic nitrogens is 3. The number of carbonyl (C=O) groups excluding carboxylic acids is 1. The molecular formula is C25H29FN4O2. The van der Waals surface area contributed by atoms with Gasteiger partial charge in [0.1, 0.15) is 11.5 Å². The lowest BCUT2D eigenvalue weighted by atomic mass is 9.89. The number of nitrogens with zero attached hydrogens (tertiary/aromatic N) is 4. The van der Waals surface area contributed by atoms with Crippen LogP contribution in [0.3, 0.4) is 0 Å². The highest BCUT2D eigenvalue weighted by Gasteiger charge is 2.39. The summed E-state index contributed by atoms with van der Waals surface area (Å²) in [5, 5.41) is 19.4. The molecule has 6 nitrogen and oxygen atoms in total. The van der Waals surface area contributed by atoms with Crippen molar-refractivity contribution in [3.8, 4) is 11.3 Å². The Morgan fingerprint density at radius 2 is 1.88 bits per heavy atom. The Hall–Kier alpha value is -3.06.